The predicted octanol–water partition coefficient (Wildman–Crippen LogP) is 6.95. The fraction of sp³-hybridized carbons (Fsp3) is 0.462. The molecule has 4 aliphatic rings. The Balaban J connectivity index is 1.33. The van der Waals surface area contributed by atoms with Crippen molar-refractivity contribution in [1.29, 1.82) is 0 Å². The van der Waals surface area contributed by atoms with E-state index >= 15 is 0 Å². The summed E-state index contributed by atoms with van der Waals surface area (Å²) in [6.45, 7) is 2.24. The van der Waals surface area contributed by atoms with Crippen LogP contribution in [-0.2, 0) is 0 Å². The first-order chi connectivity index (χ1) is 15.0. The van der Waals surface area contributed by atoms with Crippen LogP contribution in [0.4, 0.5) is 0 Å². The summed E-state index contributed by atoms with van der Waals surface area (Å²) in [5.41, 5.74) is 2.65. The van der Waals surface area contributed by atoms with Gasteiger partial charge in [0.1, 0.15) is 0 Å². The Kier molecular flexibility index (Phi) is 4.66. The number of halogens is 1. The topological polar surface area (TPSA) is 42.0 Å². The van der Waals surface area contributed by atoms with Crippen LogP contribution in [-0.4, -0.2) is 16.9 Å². The van der Waals surface area contributed by atoms with Crippen LogP contribution in [0.1, 0.15) is 55.8 Å². The van der Waals surface area contributed by atoms with Gasteiger partial charge in [0.05, 0.1) is 26.0 Å². The number of hydrogen-bond acceptors (Lipinski definition) is 3. The number of carbonyl (C=O) groups excluding carboxylic acids is 1. The van der Waals surface area contributed by atoms with E-state index in [4.69, 9.17) is 16.6 Å². The second kappa shape index (κ2) is 7.31. The SMILES string of the molecule is CC(NC(=O)c1cc(-c2ccc(Cl)s2)nc2ccccc12)C12CC3CC(CC(C3)C1)C2. The summed E-state index contributed by atoms with van der Waals surface area (Å²) in [5.74, 6) is 2.65. The number of thiophene rings is 1. The summed E-state index contributed by atoms with van der Waals surface area (Å²) < 4.78 is 0.728. The van der Waals surface area contributed by atoms with Crippen molar-refractivity contribution in [3.63, 3.8) is 0 Å². The Morgan fingerprint density at radius 1 is 1.10 bits per heavy atom. The third kappa shape index (κ3) is 3.39. The second-order valence-electron chi connectivity index (χ2n) is 10.2. The zero-order valence-electron chi connectivity index (χ0n) is 17.7. The van der Waals surface area contributed by atoms with Crippen molar-refractivity contribution in [3.8, 4) is 10.6 Å². The van der Waals surface area contributed by atoms with Crippen molar-refractivity contribution < 1.29 is 4.79 Å². The largest absolute Gasteiger partial charge is 0.349 e. The Labute approximate surface area is 192 Å². The quantitative estimate of drug-likeness (QED) is 0.467. The van der Waals surface area contributed by atoms with Gasteiger partial charge in [-0.2, -0.15) is 0 Å². The number of fused-ring (bicyclic) bond motifs is 1. The third-order valence-electron chi connectivity index (χ3n) is 8.14. The summed E-state index contributed by atoms with van der Waals surface area (Å²) in [5, 5.41) is 4.35. The molecule has 2 aromatic heterocycles. The number of pyridine rings is 1. The van der Waals surface area contributed by atoms with Crippen molar-refractivity contribution in [3.05, 3.63) is 52.4 Å². The first kappa shape index (κ1) is 19.8. The number of amides is 1. The molecule has 3 aromatic rings. The fourth-order valence-corrected chi connectivity index (χ4v) is 8.08. The maximum absolute atomic E-state index is 13.6. The van der Waals surface area contributed by atoms with Gasteiger partial charge in [-0.05, 0) is 92.9 Å². The van der Waals surface area contributed by atoms with Crippen LogP contribution < -0.4 is 5.32 Å². The predicted molar refractivity (Wildman–Crippen MR) is 128 cm³/mol. The number of hydrogen-bond donors (Lipinski definition) is 1. The van der Waals surface area contributed by atoms with Crippen molar-refractivity contribution in [2.45, 2.75) is 51.5 Å². The molecular formula is C26H27ClN2OS. The molecule has 1 aromatic carbocycles. The summed E-state index contributed by atoms with van der Waals surface area (Å²) in [7, 11) is 0. The van der Waals surface area contributed by atoms with Crippen molar-refractivity contribution in [2.75, 3.05) is 0 Å². The molecule has 7 rings (SSSR count). The van der Waals surface area contributed by atoms with E-state index in [0.717, 1.165) is 43.6 Å². The lowest BCUT2D eigenvalue weighted by Gasteiger charge is -2.59. The number of carbonyl (C=O) groups is 1. The zero-order chi connectivity index (χ0) is 21.2. The minimum Gasteiger partial charge on any atom is -0.349 e. The average molecular weight is 451 g/mol. The van der Waals surface area contributed by atoms with Gasteiger partial charge in [0.15, 0.2) is 0 Å². The molecule has 0 spiro atoms. The number of aromatic nitrogens is 1. The molecule has 5 heteroatoms. The second-order valence-corrected chi connectivity index (χ2v) is 11.9. The summed E-state index contributed by atoms with van der Waals surface area (Å²) in [4.78, 5) is 19.4. The van der Waals surface area contributed by atoms with E-state index in [1.165, 1.54) is 49.9 Å². The standard InChI is InChI=1S/C26H27ClN2OS/c1-15(26-12-16-8-17(13-26)10-18(9-16)14-26)28-25(30)20-11-22(23-6-7-24(27)31-23)29-21-5-3-2-4-19(20)21/h2-7,11,15-18H,8-10,12-14H2,1H3,(H,28,30). The molecule has 1 unspecified atom stereocenters. The monoisotopic (exact) mass is 450 g/mol. The molecule has 4 aliphatic carbocycles. The highest BCUT2D eigenvalue weighted by Gasteiger charge is 2.53. The molecule has 0 saturated heterocycles. The first-order valence-electron chi connectivity index (χ1n) is 11.5. The molecule has 1 N–H and O–H groups in total. The summed E-state index contributed by atoms with van der Waals surface area (Å²) in [6.07, 6.45) is 8.12. The van der Waals surface area contributed by atoms with Gasteiger partial charge in [-0.15, -0.1) is 11.3 Å². The number of rotatable bonds is 4. The first-order valence-corrected chi connectivity index (χ1v) is 12.6. The Hall–Kier alpha value is -1.91. The van der Waals surface area contributed by atoms with Gasteiger partial charge < -0.3 is 5.32 Å². The van der Waals surface area contributed by atoms with Gasteiger partial charge in [-0.1, -0.05) is 29.8 Å². The molecule has 0 aliphatic heterocycles. The molecule has 0 radical (unpaired) electrons. The van der Waals surface area contributed by atoms with Crippen molar-refractivity contribution in [1.82, 2.24) is 10.3 Å². The van der Waals surface area contributed by atoms with Gasteiger partial charge >= 0.3 is 0 Å². The number of nitrogens with zero attached hydrogens (tertiary/aromatic N) is 1. The Bertz CT molecular complexity index is 1130. The van der Waals surface area contributed by atoms with Crippen LogP contribution >= 0.6 is 22.9 Å². The molecule has 1 atom stereocenters. The van der Waals surface area contributed by atoms with Crippen LogP contribution in [0.15, 0.2) is 42.5 Å². The minimum absolute atomic E-state index is 0.0192. The summed E-state index contributed by atoms with van der Waals surface area (Å²) >= 11 is 7.65. The van der Waals surface area contributed by atoms with Crippen molar-refractivity contribution >= 4 is 39.7 Å². The van der Waals surface area contributed by atoms with E-state index < -0.39 is 0 Å². The van der Waals surface area contributed by atoms with Crippen LogP contribution in [0.2, 0.25) is 4.34 Å². The van der Waals surface area contributed by atoms with Crippen LogP contribution in [0.5, 0.6) is 0 Å². The average Bonchev–Trinajstić information content (AvgIpc) is 3.18. The molecular weight excluding hydrogens is 424 g/mol. The molecule has 1 amide bonds. The molecule has 4 saturated carbocycles. The van der Waals surface area contributed by atoms with Crippen LogP contribution in [0.25, 0.3) is 21.5 Å². The third-order valence-corrected chi connectivity index (χ3v) is 9.39. The normalized spacial score (nSPS) is 29.9. The zero-order valence-corrected chi connectivity index (χ0v) is 19.3. The van der Waals surface area contributed by atoms with Gasteiger partial charge in [0.2, 0.25) is 0 Å². The van der Waals surface area contributed by atoms with E-state index in [9.17, 15) is 4.79 Å². The molecule has 31 heavy (non-hydrogen) atoms. The van der Waals surface area contributed by atoms with E-state index in [2.05, 4.69) is 12.2 Å². The molecule has 2 heterocycles. The van der Waals surface area contributed by atoms with E-state index in [0.29, 0.717) is 5.56 Å². The van der Waals surface area contributed by atoms with E-state index in [1.807, 2.05) is 42.5 Å². The number of nitrogens with one attached hydrogen (secondary N) is 1. The maximum atomic E-state index is 13.6. The molecule has 160 valence electrons. The summed E-state index contributed by atoms with van der Waals surface area (Å²) in [6, 6.07) is 13.9. The molecule has 4 bridgehead atoms. The lowest BCUT2D eigenvalue weighted by Crippen LogP contribution is -2.55. The van der Waals surface area contributed by atoms with Crippen molar-refractivity contribution in [2.24, 2.45) is 23.2 Å². The lowest BCUT2D eigenvalue weighted by molar-refractivity contribution is -0.0687. The smallest absolute Gasteiger partial charge is 0.252 e. The fourth-order valence-electron chi connectivity index (χ4n) is 7.08. The number of para-hydroxylation sites is 1. The van der Waals surface area contributed by atoms with Gasteiger partial charge in [-0.3, -0.25) is 4.79 Å². The Morgan fingerprint density at radius 3 is 2.42 bits per heavy atom. The molecule has 3 nitrogen and oxygen atoms in total. The number of benzene rings is 1. The van der Waals surface area contributed by atoms with E-state index in [-0.39, 0.29) is 17.4 Å². The van der Waals surface area contributed by atoms with Gasteiger partial charge in [0.25, 0.3) is 5.91 Å². The van der Waals surface area contributed by atoms with Gasteiger partial charge in [0, 0.05) is 11.4 Å². The van der Waals surface area contributed by atoms with Crippen LogP contribution in [0, 0.1) is 23.2 Å². The Morgan fingerprint density at radius 2 is 1.77 bits per heavy atom. The highest BCUT2D eigenvalue weighted by molar-refractivity contribution is 7.19. The minimum atomic E-state index is 0.0192. The van der Waals surface area contributed by atoms with Gasteiger partial charge in [-0.25, -0.2) is 4.98 Å². The highest BCUT2D eigenvalue weighted by atomic mass is 35.5. The highest BCUT2D eigenvalue weighted by Crippen LogP contribution is 2.61. The van der Waals surface area contributed by atoms with Crippen LogP contribution in [0.3, 0.4) is 0 Å². The maximum Gasteiger partial charge on any atom is 0.252 e. The van der Waals surface area contributed by atoms with E-state index in [1.54, 1.807) is 0 Å². The lowest BCUT2D eigenvalue weighted by atomic mass is 9.48. The molecule has 4 fully saturated rings.